The maximum absolute atomic E-state index is 12.0. The lowest BCUT2D eigenvalue weighted by molar-refractivity contribution is -0.116. The Morgan fingerprint density at radius 3 is 2.62 bits per heavy atom. The van der Waals surface area contributed by atoms with Gasteiger partial charge in [0.2, 0.25) is 5.91 Å². The fourth-order valence-corrected chi connectivity index (χ4v) is 2.31. The number of carbonyl (C=O) groups is 1. The molecule has 0 unspecified atom stereocenters. The Kier molecular flexibility index (Phi) is 4.70. The molecule has 5 heteroatoms. The number of carbonyl (C=O) groups excluding carboxylic acids is 1. The molecule has 0 atom stereocenters. The number of oxazole rings is 1. The van der Waals surface area contributed by atoms with Crippen LogP contribution < -0.4 is 5.32 Å². The minimum atomic E-state index is -0.108. The zero-order valence-corrected chi connectivity index (χ0v) is 13.7. The number of aryl methyl sites for hydroxylation is 3. The molecule has 0 saturated heterocycles. The summed E-state index contributed by atoms with van der Waals surface area (Å²) in [5, 5.41) is 2.78. The molecule has 0 aliphatic carbocycles. The highest BCUT2D eigenvalue weighted by Crippen LogP contribution is 2.21. The predicted molar refractivity (Wildman–Crippen MR) is 92.6 cm³/mol. The van der Waals surface area contributed by atoms with Crippen molar-refractivity contribution in [3.63, 3.8) is 0 Å². The van der Waals surface area contributed by atoms with Gasteiger partial charge in [-0.25, -0.2) is 9.97 Å². The molecule has 0 aliphatic heterocycles. The topological polar surface area (TPSA) is 68.0 Å². The van der Waals surface area contributed by atoms with E-state index in [1.54, 1.807) is 12.4 Å². The van der Waals surface area contributed by atoms with E-state index in [4.69, 9.17) is 4.42 Å². The Labute approximate surface area is 140 Å². The van der Waals surface area contributed by atoms with Crippen molar-refractivity contribution in [1.82, 2.24) is 9.97 Å². The third kappa shape index (κ3) is 4.07. The minimum absolute atomic E-state index is 0.108. The van der Waals surface area contributed by atoms with Crippen LogP contribution in [0.1, 0.15) is 23.4 Å². The third-order valence-corrected chi connectivity index (χ3v) is 3.64. The molecule has 0 bridgehead atoms. The van der Waals surface area contributed by atoms with Crippen LogP contribution in [0.5, 0.6) is 0 Å². The number of pyridine rings is 1. The van der Waals surface area contributed by atoms with Gasteiger partial charge in [0.1, 0.15) is 5.82 Å². The fourth-order valence-electron chi connectivity index (χ4n) is 2.31. The average molecular weight is 321 g/mol. The van der Waals surface area contributed by atoms with E-state index < -0.39 is 0 Å². The maximum Gasteiger partial charge on any atom is 0.226 e. The van der Waals surface area contributed by atoms with Gasteiger partial charge in [-0.1, -0.05) is 29.8 Å². The van der Waals surface area contributed by atoms with E-state index in [2.05, 4.69) is 15.3 Å². The molecule has 2 aromatic heterocycles. The largest absolute Gasteiger partial charge is 0.441 e. The molecular formula is C19H19N3O2. The van der Waals surface area contributed by atoms with Gasteiger partial charge >= 0.3 is 0 Å². The van der Waals surface area contributed by atoms with Crippen molar-refractivity contribution in [3.05, 3.63) is 65.8 Å². The summed E-state index contributed by atoms with van der Waals surface area (Å²) in [6.07, 6.45) is 4.11. The van der Waals surface area contributed by atoms with Gasteiger partial charge in [0.05, 0.1) is 6.20 Å². The molecular weight excluding hydrogens is 302 g/mol. The van der Waals surface area contributed by atoms with Crippen molar-refractivity contribution in [2.45, 2.75) is 26.7 Å². The molecule has 3 rings (SSSR count). The van der Waals surface area contributed by atoms with Crippen LogP contribution >= 0.6 is 0 Å². The van der Waals surface area contributed by atoms with Gasteiger partial charge in [0.25, 0.3) is 0 Å². The monoisotopic (exact) mass is 321 g/mol. The van der Waals surface area contributed by atoms with Crippen molar-refractivity contribution in [2.24, 2.45) is 0 Å². The molecule has 0 spiro atoms. The smallest absolute Gasteiger partial charge is 0.226 e. The fraction of sp³-hybridized carbons (Fsp3) is 0.211. The number of nitrogens with one attached hydrogen (secondary N) is 1. The van der Waals surface area contributed by atoms with E-state index in [0.29, 0.717) is 30.3 Å². The van der Waals surface area contributed by atoms with Crippen LogP contribution in [0.3, 0.4) is 0 Å². The number of hydrogen-bond acceptors (Lipinski definition) is 4. The van der Waals surface area contributed by atoms with Crippen molar-refractivity contribution >= 4 is 11.7 Å². The lowest BCUT2D eigenvalue weighted by atomic mass is 10.1. The Hall–Kier alpha value is -2.95. The van der Waals surface area contributed by atoms with E-state index in [-0.39, 0.29) is 5.91 Å². The third-order valence-electron chi connectivity index (χ3n) is 3.64. The molecule has 24 heavy (non-hydrogen) atoms. The van der Waals surface area contributed by atoms with Gasteiger partial charge in [-0.15, -0.1) is 0 Å². The van der Waals surface area contributed by atoms with Gasteiger partial charge in [0.15, 0.2) is 11.7 Å². The van der Waals surface area contributed by atoms with Gasteiger partial charge in [-0.3, -0.25) is 4.79 Å². The molecule has 0 radical (unpaired) electrons. The maximum atomic E-state index is 12.0. The second kappa shape index (κ2) is 7.08. The number of nitrogens with zero attached hydrogens (tertiary/aromatic N) is 2. The Bertz CT molecular complexity index is 838. The highest BCUT2D eigenvalue weighted by molar-refractivity contribution is 5.89. The normalized spacial score (nSPS) is 10.6. The molecule has 0 aliphatic rings. The van der Waals surface area contributed by atoms with Crippen molar-refractivity contribution in [1.29, 1.82) is 0 Å². The van der Waals surface area contributed by atoms with Crippen LogP contribution in [-0.4, -0.2) is 15.9 Å². The minimum Gasteiger partial charge on any atom is -0.441 e. The van der Waals surface area contributed by atoms with E-state index in [1.807, 2.05) is 50.2 Å². The lowest BCUT2D eigenvalue weighted by Crippen LogP contribution is -2.13. The van der Waals surface area contributed by atoms with E-state index in [1.165, 1.54) is 5.56 Å². The lowest BCUT2D eigenvalue weighted by Gasteiger charge is -2.03. The average Bonchev–Trinajstić information content (AvgIpc) is 3.03. The first kappa shape index (κ1) is 15.9. The van der Waals surface area contributed by atoms with Crippen LogP contribution in [0.15, 0.2) is 53.2 Å². The van der Waals surface area contributed by atoms with E-state index >= 15 is 0 Å². The highest BCUT2D eigenvalue weighted by Gasteiger charge is 2.09. The van der Waals surface area contributed by atoms with Crippen LogP contribution in [0.25, 0.3) is 11.3 Å². The Morgan fingerprint density at radius 2 is 1.88 bits per heavy atom. The molecule has 1 N–H and O–H groups in total. The van der Waals surface area contributed by atoms with Gasteiger partial charge in [-0.2, -0.15) is 0 Å². The van der Waals surface area contributed by atoms with E-state index in [0.717, 1.165) is 11.1 Å². The second-order valence-electron chi connectivity index (χ2n) is 5.75. The second-order valence-corrected chi connectivity index (χ2v) is 5.75. The van der Waals surface area contributed by atoms with E-state index in [9.17, 15) is 4.79 Å². The molecule has 1 amide bonds. The number of aromatic nitrogens is 2. The van der Waals surface area contributed by atoms with Crippen LogP contribution in [0, 0.1) is 13.8 Å². The summed E-state index contributed by atoms with van der Waals surface area (Å²) >= 11 is 0. The predicted octanol–water partition coefficient (Wildman–Crippen LogP) is 3.92. The number of amides is 1. The van der Waals surface area contributed by atoms with Crippen LogP contribution in [0.2, 0.25) is 0 Å². The van der Waals surface area contributed by atoms with Crippen molar-refractivity contribution in [2.75, 3.05) is 5.32 Å². The summed E-state index contributed by atoms with van der Waals surface area (Å²) in [5.74, 6) is 1.72. The zero-order chi connectivity index (χ0) is 16.9. The first-order chi connectivity index (χ1) is 11.6. The first-order valence-corrected chi connectivity index (χ1v) is 7.84. The zero-order valence-electron chi connectivity index (χ0n) is 13.7. The highest BCUT2D eigenvalue weighted by atomic mass is 16.4. The SMILES string of the molecule is Cc1ccc(-c2cnc(CCC(=O)Nc3cc(C)ccn3)o2)cc1. The number of anilines is 1. The van der Waals surface area contributed by atoms with Gasteiger partial charge in [0, 0.05) is 24.6 Å². The van der Waals surface area contributed by atoms with Crippen LogP contribution in [-0.2, 0) is 11.2 Å². The first-order valence-electron chi connectivity index (χ1n) is 7.84. The van der Waals surface area contributed by atoms with Gasteiger partial charge in [-0.05, 0) is 31.5 Å². The molecule has 3 aromatic rings. The number of benzene rings is 1. The van der Waals surface area contributed by atoms with Crippen molar-refractivity contribution in [3.8, 4) is 11.3 Å². The molecule has 5 nitrogen and oxygen atoms in total. The summed E-state index contributed by atoms with van der Waals surface area (Å²) in [5.41, 5.74) is 3.23. The number of hydrogen-bond donors (Lipinski definition) is 1. The van der Waals surface area contributed by atoms with Crippen LogP contribution in [0.4, 0.5) is 5.82 Å². The molecule has 1 aromatic carbocycles. The molecule has 122 valence electrons. The Balaban J connectivity index is 1.57. The molecule has 0 saturated carbocycles. The Morgan fingerprint density at radius 1 is 1.08 bits per heavy atom. The summed E-state index contributed by atoms with van der Waals surface area (Å²) in [6, 6.07) is 11.8. The molecule has 0 fully saturated rings. The summed E-state index contributed by atoms with van der Waals surface area (Å²) in [6.45, 7) is 3.99. The summed E-state index contributed by atoms with van der Waals surface area (Å²) in [4.78, 5) is 20.4. The quantitative estimate of drug-likeness (QED) is 0.773. The molecule has 2 heterocycles. The summed E-state index contributed by atoms with van der Waals surface area (Å²) in [7, 11) is 0. The van der Waals surface area contributed by atoms with Gasteiger partial charge < -0.3 is 9.73 Å². The number of rotatable bonds is 5. The van der Waals surface area contributed by atoms with Crippen molar-refractivity contribution < 1.29 is 9.21 Å². The summed E-state index contributed by atoms with van der Waals surface area (Å²) < 4.78 is 5.72. The standard InChI is InChI=1S/C19H19N3O2/c1-13-3-5-15(6-4-13)16-12-21-19(24-16)8-7-18(23)22-17-11-14(2)9-10-20-17/h3-6,9-12H,7-8H2,1-2H3,(H,20,22,23).